The maximum atomic E-state index is 14.6. The molecule has 4 atom stereocenters. The van der Waals surface area contributed by atoms with Crippen molar-refractivity contribution in [1.29, 1.82) is 0 Å². The average molecular weight is 382 g/mol. The Morgan fingerprint density at radius 2 is 2.07 bits per heavy atom. The maximum Gasteiger partial charge on any atom is 0.223 e. The second-order valence-electron chi connectivity index (χ2n) is 8.61. The first-order valence-electron chi connectivity index (χ1n) is 10.6. The highest BCUT2D eigenvalue weighted by Gasteiger charge is 2.49. The van der Waals surface area contributed by atoms with Crippen LogP contribution < -0.4 is 4.90 Å². The quantitative estimate of drug-likeness (QED) is 0.811. The van der Waals surface area contributed by atoms with Crippen LogP contribution >= 0.6 is 0 Å². The second kappa shape index (κ2) is 6.98. The molecule has 3 saturated heterocycles. The fraction of sp³-hybridized carbons (Fsp3) is 0.591. The Morgan fingerprint density at radius 3 is 2.93 bits per heavy atom. The molecule has 5 nitrogen and oxygen atoms in total. The molecule has 2 aromatic rings. The van der Waals surface area contributed by atoms with Crippen molar-refractivity contribution in [3.8, 4) is 0 Å². The molecule has 6 heteroatoms. The molecule has 3 aliphatic heterocycles. The number of carbonyl (C=O) groups is 1. The Balaban J connectivity index is 1.53. The summed E-state index contributed by atoms with van der Waals surface area (Å²) < 4.78 is 14.6. The van der Waals surface area contributed by atoms with Crippen LogP contribution in [-0.4, -0.2) is 45.9 Å². The summed E-state index contributed by atoms with van der Waals surface area (Å²) in [5.41, 5.74) is 0.653. The summed E-state index contributed by atoms with van der Waals surface area (Å²) in [4.78, 5) is 26.0. The lowest BCUT2D eigenvalue weighted by molar-refractivity contribution is -0.149. The Kier molecular flexibility index (Phi) is 4.44. The van der Waals surface area contributed by atoms with Gasteiger partial charge < -0.3 is 9.80 Å². The summed E-state index contributed by atoms with van der Waals surface area (Å²) in [6, 6.07) is 5.66. The summed E-state index contributed by atoms with van der Waals surface area (Å²) in [6.07, 6.45) is 7.62. The van der Waals surface area contributed by atoms with E-state index in [4.69, 9.17) is 0 Å². The standard InChI is InChI=1S/C22H27FN4O/c1-2-5-18-14-10-15(19-8-4-9-20(28)27(18)19)12-26(11-14)22-21-16(23)6-3-7-17(21)24-13-25-22/h3,6-7,13-15,18-19H,2,4-5,8-12H2,1H3/t14-,15+,18-,19-/m0/s1. The number of amides is 1. The molecule has 0 N–H and O–H groups in total. The summed E-state index contributed by atoms with van der Waals surface area (Å²) in [7, 11) is 0. The molecule has 0 radical (unpaired) electrons. The third-order valence-corrected chi connectivity index (χ3v) is 6.97. The van der Waals surface area contributed by atoms with Gasteiger partial charge in [0.05, 0.1) is 10.9 Å². The summed E-state index contributed by atoms with van der Waals surface area (Å²) in [5, 5.41) is 0.522. The fourth-order valence-corrected chi connectivity index (χ4v) is 5.91. The molecular weight excluding hydrogens is 355 g/mol. The number of benzene rings is 1. The van der Waals surface area contributed by atoms with E-state index in [9.17, 15) is 9.18 Å². The van der Waals surface area contributed by atoms with Crippen LogP contribution in [0.15, 0.2) is 24.5 Å². The highest BCUT2D eigenvalue weighted by molar-refractivity contribution is 5.90. The molecule has 3 fully saturated rings. The van der Waals surface area contributed by atoms with Crippen LogP contribution in [0.1, 0.15) is 45.4 Å². The summed E-state index contributed by atoms with van der Waals surface area (Å²) in [5.74, 6) is 1.66. The Morgan fingerprint density at radius 1 is 1.21 bits per heavy atom. The van der Waals surface area contributed by atoms with E-state index in [0.29, 0.717) is 53.0 Å². The zero-order chi connectivity index (χ0) is 19.3. The van der Waals surface area contributed by atoms with E-state index in [1.165, 1.54) is 12.5 Å². The molecule has 1 aromatic heterocycles. The fourth-order valence-electron chi connectivity index (χ4n) is 5.91. The molecule has 2 bridgehead atoms. The first-order valence-corrected chi connectivity index (χ1v) is 10.6. The van der Waals surface area contributed by atoms with Gasteiger partial charge >= 0.3 is 0 Å². The molecule has 1 amide bonds. The predicted molar refractivity (Wildman–Crippen MR) is 106 cm³/mol. The zero-order valence-electron chi connectivity index (χ0n) is 16.4. The van der Waals surface area contributed by atoms with Gasteiger partial charge in [-0.15, -0.1) is 0 Å². The number of rotatable bonds is 3. The third-order valence-electron chi connectivity index (χ3n) is 6.97. The first-order chi connectivity index (χ1) is 13.7. The molecule has 148 valence electrons. The van der Waals surface area contributed by atoms with Crippen LogP contribution in [0.5, 0.6) is 0 Å². The number of halogens is 1. The largest absolute Gasteiger partial charge is 0.355 e. The predicted octanol–water partition coefficient (Wildman–Crippen LogP) is 3.77. The molecule has 5 rings (SSSR count). The second-order valence-corrected chi connectivity index (χ2v) is 8.61. The highest BCUT2D eigenvalue weighted by Crippen LogP contribution is 2.44. The van der Waals surface area contributed by atoms with Crippen molar-refractivity contribution in [3.63, 3.8) is 0 Å². The van der Waals surface area contributed by atoms with Gasteiger partial charge in [-0.1, -0.05) is 19.4 Å². The Labute approximate surface area is 164 Å². The number of fused-ring (bicyclic) bond motifs is 5. The number of anilines is 1. The van der Waals surface area contributed by atoms with E-state index in [0.717, 1.165) is 38.8 Å². The molecule has 0 aliphatic carbocycles. The van der Waals surface area contributed by atoms with Crippen molar-refractivity contribution in [1.82, 2.24) is 14.9 Å². The number of nitrogens with zero attached hydrogens (tertiary/aromatic N) is 4. The third kappa shape index (κ3) is 2.76. The monoisotopic (exact) mass is 382 g/mol. The van der Waals surface area contributed by atoms with Gasteiger partial charge in [0.1, 0.15) is 18.0 Å². The van der Waals surface area contributed by atoms with Crippen molar-refractivity contribution in [3.05, 3.63) is 30.3 Å². The molecule has 4 heterocycles. The summed E-state index contributed by atoms with van der Waals surface area (Å²) >= 11 is 0. The number of aromatic nitrogens is 2. The van der Waals surface area contributed by atoms with Crippen LogP contribution in [0, 0.1) is 17.7 Å². The van der Waals surface area contributed by atoms with Crippen molar-refractivity contribution in [2.45, 2.75) is 57.5 Å². The van der Waals surface area contributed by atoms with Crippen LogP contribution in [0.2, 0.25) is 0 Å². The van der Waals surface area contributed by atoms with Gasteiger partial charge in [-0.05, 0) is 49.7 Å². The summed E-state index contributed by atoms with van der Waals surface area (Å²) in [6.45, 7) is 3.87. The Hall–Kier alpha value is -2.24. The SMILES string of the molecule is CCC[C@H]1[C@H]2C[C@H](CN(c3ncnc4cccc(F)c34)C2)[C@@H]2CCCC(=O)N21. The number of piperidine rings is 3. The van der Waals surface area contributed by atoms with Gasteiger partial charge in [-0.2, -0.15) is 0 Å². The molecule has 0 saturated carbocycles. The van der Waals surface area contributed by atoms with E-state index in [1.54, 1.807) is 12.4 Å². The topological polar surface area (TPSA) is 49.3 Å². The highest BCUT2D eigenvalue weighted by atomic mass is 19.1. The maximum absolute atomic E-state index is 14.6. The van der Waals surface area contributed by atoms with E-state index >= 15 is 0 Å². The van der Waals surface area contributed by atoms with Gasteiger partial charge in [-0.25, -0.2) is 14.4 Å². The van der Waals surface area contributed by atoms with Crippen LogP contribution in [-0.2, 0) is 4.79 Å². The minimum Gasteiger partial charge on any atom is -0.355 e. The molecule has 28 heavy (non-hydrogen) atoms. The van der Waals surface area contributed by atoms with Crippen LogP contribution in [0.3, 0.4) is 0 Å². The van der Waals surface area contributed by atoms with Gasteiger partial charge in [0, 0.05) is 31.6 Å². The van der Waals surface area contributed by atoms with Crippen molar-refractivity contribution >= 4 is 22.6 Å². The number of hydrogen-bond donors (Lipinski definition) is 0. The molecule has 3 aliphatic rings. The Bertz CT molecular complexity index is 898. The molecule has 0 spiro atoms. The van der Waals surface area contributed by atoms with Crippen molar-refractivity contribution in [2.75, 3.05) is 18.0 Å². The lowest BCUT2D eigenvalue weighted by Crippen LogP contribution is -2.65. The van der Waals surface area contributed by atoms with Crippen LogP contribution in [0.25, 0.3) is 10.9 Å². The van der Waals surface area contributed by atoms with Gasteiger partial charge in [0.25, 0.3) is 0 Å². The lowest BCUT2D eigenvalue weighted by Gasteiger charge is -2.57. The lowest BCUT2D eigenvalue weighted by atomic mass is 9.71. The number of hydrogen-bond acceptors (Lipinski definition) is 4. The van der Waals surface area contributed by atoms with E-state index in [2.05, 4.69) is 26.7 Å². The first kappa shape index (κ1) is 17.8. The van der Waals surface area contributed by atoms with Crippen LogP contribution in [0.4, 0.5) is 10.2 Å². The smallest absolute Gasteiger partial charge is 0.223 e. The zero-order valence-corrected chi connectivity index (χ0v) is 16.4. The van der Waals surface area contributed by atoms with Gasteiger partial charge in [-0.3, -0.25) is 4.79 Å². The van der Waals surface area contributed by atoms with E-state index in [-0.39, 0.29) is 5.82 Å². The molecule has 0 unspecified atom stereocenters. The molecule has 1 aromatic carbocycles. The minimum atomic E-state index is -0.261. The van der Waals surface area contributed by atoms with Crippen molar-refractivity contribution < 1.29 is 9.18 Å². The van der Waals surface area contributed by atoms with E-state index < -0.39 is 0 Å². The normalized spacial score (nSPS) is 29.9. The minimum absolute atomic E-state index is 0.261. The van der Waals surface area contributed by atoms with Crippen molar-refractivity contribution in [2.24, 2.45) is 11.8 Å². The average Bonchev–Trinajstić information content (AvgIpc) is 2.71. The van der Waals surface area contributed by atoms with Gasteiger partial charge in [0.15, 0.2) is 0 Å². The van der Waals surface area contributed by atoms with E-state index in [1.807, 2.05) is 6.07 Å². The number of carbonyl (C=O) groups excluding carboxylic acids is 1. The molecular formula is C22H27FN4O. The van der Waals surface area contributed by atoms with Gasteiger partial charge in [0.2, 0.25) is 5.91 Å².